The van der Waals surface area contributed by atoms with Gasteiger partial charge in [0.1, 0.15) is 0 Å². The van der Waals surface area contributed by atoms with Crippen LogP contribution in [0.3, 0.4) is 0 Å². The zero-order valence-electron chi connectivity index (χ0n) is 15.6. The van der Waals surface area contributed by atoms with Crippen LogP contribution < -0.4 is 10.6 Å². The third kappa shape index (κ3) is 5.91. The van der Waals surface area contributed by atoms with Gasteiger partial charge in [0.2, 0.25) is 5.91 Å². The van der Waals surface area contributed by atoms with Crippen LogP contribution in [0.25, 0.3) is 0 Å². The standard InChI is InChI=1S/C20H33N3O/c1-15(2)12-17-7-9-18(10-8-17)16(3)22-20(24)14-23-11-5-6-19(13-23)21-4/h7-10,15-16,19,21H,5-6,11-14H2,1-4H3,(H,22,24). The molecule has 2 unspecified atom stereocenters. The molecule has 1 aromatic rings. The van der Waals surface area contributed by atoms with Gasteiger partial charge in [-0.3, -0.25) is 9.69 Å². The molecule has 24 heavy (non-hydrogen) atoms. The third-order valence-corrected chi connectivity index (χ3v) is 4.78. The Morgan fingerprint density at radius 3 is 2.58 bits per heavy atom. The summed E-state index contributed by atoms with van der Waals surface area (Å²) in [4.78, 5) is 14.6. The number of nitrogens with one attached hydrogen (secondary N) is 2. The molecule has 1 heterocycles. The fourth-order valence-corrected chi connectivity index (χ4v) is 3.42. The van der Waals surface area contributed by atoms with Crippen molar-refractivity contribution in [2.24, 2.45) is 5.92 Å². The number of rotatable bonds is 7. The molecule has 1 aliphatic heterocycles. The first-order valence-electron chi connectivity index (χ1n) is 9.25. The summed E-state index contributed by atoms with van der Waals surface area (Å²) in [6.45, 7) is 8.99. The van der Waals surface area contributed by atoms with Crippen molar-refractivity contribution >= 4 is 5.91 Å². The van der Waals surface area contributed by atoms with E-state index in [4.69, 9.17) is 0 Å². The van der Waals surface area contributed by atoms with Gasteiger partial charge < -0.3 is 10.6 Å². The number of hydrogen-bond acceptors (Lipinski definition) is 3. The van der Waals surface area contributed by atoms with E-state index in [1.807, 2.05) is 7.05 Å². The van der Waals surface area contributed by atoms with E-state index in [-0.39, 0.29) is 11.9 Å². The number of likely N-dealkylation sites (N-methyl/N-ethyl adjacent to an activating group) is 1. The van der Waals surface area contributed by atoms with Gasteiger partial charge in [0.05, 0.1) is 12.6 Å². The number of nitrogens with zero attached hydrogens (tertiary/aromatic N) is 1. The first kappa shape index (κ1) is 18.9. The summed E-state index contributed by atoms with van der Waals surface area (Å²) >= 11 is 0. The van der Waals surface area contributed by atoms with E-state index in [9.17, 15) is 4.79 Å². The number of carbonyl (C=O) groups is 1. The number of amides is 1. The van der Waals surface area contributed by atoms with Gasteiger partial charge in [-0.1, -0.05) is 38.1 Å². The van der Waals surface area contributed by atoms with Gasteiger partial charge in [0.25, 0.3) is 0 Å². The van der Waals surface area contributed by atoms with Crippen molar-refractivity contribution in [3.8, 4) is 0 Å². The van der Waals surface area contributed by atoms with Crippen LogP contribution in [0.5, 0.6) is 0 Å². The predicted molar refractivity (Wildman–Crippen MR) is 100 cm³/mol. The molecule has 2 N–H and O–H groups in total. The van der Waals surface area contributed by atoms with E-state index in [1.165, 1.54) is 17.5 Å². The van der Waals surface area contributed by atoms with Crippen LogP contribution in [0.1, 0.15) is 50.8 Å². The highest BCUT2D eigenvalue weighted by molar-refractivity contribution is 5.78. The summed E-state index contributed by atoms with van der Waals surface area (Å²) < 4.78 is 0. The van der Waals surface area contributed by atoms with Crippen molar-refractivity contribution in [1.82, 2.24) is 15.5 Å². The summed E-state index contributed by atoms with van der Waals surface area (Å²) in [5.74, 6) is 0.782. The second kappa shape index (κ2) is 9.19. The highest BCUT2D eigenvalue weighted by Gasteiger charge is 2.21. The Labute approximate surface area is 147 Å². The average Bonchev–Trinajstić information content (AvgIpc) is 2.55. The van der Waals surface area contributed by atoms with Gasteiger partial charge in [-0.05, 0) is 56.8 Å². The van der Waals surface area contributed by atoms with Gasteiger partial charge in [-0.2, -0.15) is 0 Å². The lowest BCUT2D eigenvalue weighted by atomic mass is 10.00. The largest absolute Gasteiger partial charge is 0.348 e. The number of piperidine rings is 1. The van der Waals surface area contributed by atoms with E-state index in [0.717, 1.165) is 25.9 Å². The lowest BCUT2D eigenvalue weighted by molar-refractivity contribution is -0.123. The van der Waals surface area contributed by atoms with E-state index in [0.29, 0.717) is 18.5 Å². The maximum Gasteiger partial charge on any atom is 0.234 e. The number of hydrogen-bond donors (Lipinski definition) is 2. The molecule has 1 amide bonds. The Hall–Kier alpha value is -1.39. The smallest absolute Gasteiger partial charge is 0.234 e. The van der Waals surface area contributed by atoms with Crippen LogP contribution in [0, 0.1) is 5.92 Å². The van der Waals surface area contributed by atoms with Crippen molar-refractivity contribution in [1.29, 1.82) is 0 Å². The molecule has 4 nitrogen and oxygen atoms in total. The molecular formula is C20H33N3O. The van der Waals surface area contributed by atoms with Crippen LogP contribution in [-0.4, -0.2) is 43.5 Å². The Kier molecular flexibility index (Phi) is 7.25. The highest BCUT2D eigenvalue weighted by Crippen LogP contribution is 2.16. The molecule has 0 aliphatic carbocycles. The van der Waals surface area contributed by atoms with Crippen molar-refractivity contribution in [3.05, 3.63) is 35.4 Å². The van der Waals surface area contributed by atoms with Crippen LogP contribution in [-0.2, 0) is 11.2 Å². The molecule has 134 valence electrons. The second-order valence-corrected chi connectivity index (χ2v) is 7.49. The molecular weight excluding hydrogens is 298 g/mol. The molecule has 2 atom stereocenters. The molecule has 2 rings (SSSR count). The summed E-state index contributed by atoms with van der Waals surface area (Å²) in [6.07, 6.45) is 3.46. The molecule has 0 saturated carbocycles. The van der Waals surface area contributed by atoms with Crippen molar-refractivity contribution in [3.63, 3.8) is 0 Å². The highest BCUT2D eigenvalue weighted by atomic mass is 16.2. The van der Waals surface area contributed by atoms with E-state index < -0.39 is 0 Å². The van der Waals surface area contributed by atoms with Gasteiger partial charge in [-0.15, -0.1) is 0 Å². The first-order valence-corrected chi connectivity index (χ1v) is 9.25. The number of carbonyl (C=O) groups excluding carboxylic acids is 1. The number of likely N-dealkylation sites (tertiary alicyclic amines) is 1. The van der Waals surface area contributed by atoms with Gasteiger partial charge in [0.15, 0.2) is 0 Å². The van der Waals surface area contributed by atoms with E-state index in [1.54, 1.807) is 0 Å². The Bertz CT molecular complexity index is 512. The van der Waals surface area contributed by atoms with Crippen LogP contribution in [0.4, 0.5) is 0 Å². The molecule has 1 fully saturated rings. The van der Waals surface area contributed by atoms with Crippen LogP contribution in [0.15, 0.2) is 24.3 Å². The molecule has 0 spiro atoms. The van der Waals surface area contributed by atoms with Crippen LogP contribution >= 0.6 is 0 Å². The van der Waals surface area contributed by atoms with E-state index in [2.05, 4.69) is 60.6 Å². The second-order valence-electron chi connectivity index (χ2n) is 7.49. The summed E-state index contributed by atoms with van der Waals surface area (Å²) in [6, 6.07) is 9.20. The summed E-state index contributed by atoms with van der Waals surface area (Å²) in [7, 11) is 2.00. The summed E-state index contributed by atoms with van der Waals surface area (Å²) in [5.41, 5.74) is 2.53. The maximum absolute atomic E-state index is 12.3. The fraction of sp³-hybridized carbons (Fsp3) is 0.650. The minimum absolute atomic E-state index is 0.0514. The quantitative estimate of drug-likeness (QED) is 0.807. The molecule has 4 heteroatoms. The molecule has 1 aromatic carbocycles. The zero-order chi connectivity index (χ0) is 17.5. The van der Waals surface area contributed by atoms with Gasteiger partial charge >= 0.3 is 0 Å². The average molecular weight is 332 g/mol. The Balaban J connectivity index is 1.82. The Morgan fingerprint density at radius 2 is 1.96 bits per heavy atom. The summed E-state index contributed by atoms with van der Waals surface area (Å²) in [5, 5.41) is 6.45. The molecule has 0 bridgehead atoms. The van der Waals surface area contributed by atoms with Gasteiger partial charge in [-0.25, -0.2) is 0 Å². The Morgan fingerprint density at radius 1 is 1.25 bits per heavy atom. The fourth-order valence-electron chi connectivity index (χ4n) is 3.42. The molecule has 0 radical (unpaired) electrons. The third-order valence-electron chi connectivity index (χ3n) is 4.78. The van der Waals surface area contributed by atoms with Crippen molar-refractivity contribution in [2.45, 2.75) is 52.1 Å². The van der Waals surface area contributed by atoms with Crippen LogP contribution in [0.2, 0.25) is 0 Å². The lowest BCUT2D eigenvalue weighted by Crippen LogP contribution is -2.48. The SMILES string of the molecule is CNC1CCCN(CC(=O)NC(C)c2ccc(CC(C)C)cc2)C1. The normalized spacial score (nSPS) is 20.1. The van der Waals surface area contributed by atoms with Crippen molar-refractivity contribution < 1.29 is 4.79 Å². The molecule has 0 aromatic heterocycles. The van der Waals surface area contributed by atoms with E-state index >= 15 is 0 Å². The minimum atomic E-state index is 0.0514. The van der Waals surface area contributed by atoms with Crippen molar-refractivity contribution in [2.75, 3.05) is 26.7 Å². The maximum atomic E-state index is 12.3. The minimum Gasteiger partial charge on any atom is -0.348 e. The predicted octanol–water partition coefficient (Wildman–Crippen LogP) is 2.75. The monoisotopic (exact) mass is 331 g/mol. The molecule has 1 aliphatic rings. The first-order chi connectivity index (χ1) is 11.5. The topological polar surface area (TPSA) is 44.4 Å². The lowest BCUT2D eigenvalue weighted by Gasteiger charge is -2.32. The number of benzene rings is 1. The molecule has 1 saturated heterocycles. The zero-order valence-corrected chi connectivity index (χ0v) is 15.6. The van der Waals surface area contributed by atoms with Gasteiger partial charge in [0, 0.05) is 12.6 Å².